The number of piperidine rings is 1. The molecule has 2 aliphatic rings. The topological polar surface area (TPSA) is 51.9 Å². The summed E-state index contributed by atoms with van der Waals surface area (Å²) in [5.41, 5.74) is 4.69. The zero-order chi connectivity index (χ0) is 25.1. The van der Waals surface area contributed by atoms with Crippen LogP contribution in [0.15, 0.2) is 53.2 Å². The zero-order valence-electron chi connectivity index (χ0n) is 21.7. The lowest BCUT2D eigenvalue weighted by molar-refractivity contribution is -0.132. The lowest BCUT2D eigenvalue weighted by Crippen LogP contribution is -2.49. The van der Waals surface area contributed by atoms with Crippen molar-refractivity contribution < 1.29 is 18.7 Å². The van der Waals surface area contributed by atoms with E-state index in [4.69, 9.17) is 13.9 Å². The van der Waals surface area contributed by atoms with Crippen molar-refractivity contribution in [1.82, 2.24) is 4.90 Å². The standard InChI is InChI=1S/C31H37NO4/c1-4-34-24-14-12-22(13-15-24)27-20-36-30-19-29(35-5-2)25(18-26(27)30)21(3)17-31(33)32-16-8-10-23-9-6-7-11-28(23)32/h12-15,17-20,23,28H,4-11,16H2,1-3H3/b21-17+. The van der Waals surface area contributed by atoms with Crippen molar-refractivity contribution in [2.45, 2.75) is 65.3 Å². The Balaban J connectivity index is 1.48. The molecule has 1 aliphatic carbocycles. The predicted molar refractivity (Wildman–Crippen MR) is 144 cm³/mol. The molecular formula is C31H37NO4. The highest BCUT2D eigenvalue weighted by atomic mass is 16.5. The van der Waals surface area contributed by atoms with Crippen LogP contribution in [-0.2, 0) is 4.79 Å². The molecule has 5 nitrogen and oxygen atoms in total. The van der Waals surface area contributed by atoms with Crippen LogP contribution in [0.2, 0.25) is 0 Å². The number of rotatable bonds is 7. The lowest BCUT2D eigenvalue weighted by atomic mass is 9.78. The molecule has 2 fully saturated rings. The Bertz CT molecular complexity index is 1240. The summed E-state index contributed by atoms with van der Waals surface area (Å²) >= 11 is 0. The number of fused-ring (bicyclic) bond motifs is 2. The number of hydrogen-bond acceptors (Lipinski definition) is 4. The normalized spacial score (nSPS) is 20.3. The Morgan fingerprint density at radius 3 is 2.56 bits per heavy atom. The molecule has 2 atom stereocenters. The first-order chi connectivity index (χ1) is 17.6. The van der Waals surface area contributed by atoms with Crippen LogP contribution >= 0.6 is 0 Å². The molecule has 3 aromatic rings. The summed E-state index contributed by atoms with van der Waals surface area (Å²) in [6, 6.07) is 12.5. The molecule has 1 aromatic heterocycles. The van der Waals surface area contributed by atoms with E-state index < -0.39 is 0 Å². The summed E-state index contributed by atoms with van der Waals surface area (Å²) in [7, 11) is 0. The summed E-state index contributed by atoms with van der Waals surface area (Å²) in [5, 5.41) is 1.00. The first kappa shape index (κ1) is 24.5. The second-order valence-corrected chi connectivity index (χ2v) is 10.00. The van der Waals surface area contributed by atoms with Gasteiger partial charge in [0.15, 0.2) is 0 Å². The van der Waals surface area contributed by atoms with Crippen LogP contribution in [0.4, 0.5) is 0 Å². The van der Waals surface area contributed by atoms with Crippen molar-refractivity contribution in [1.29, 1.82) is 0 Å². The van der Waals surface area contributed by atoms with E-state index in [0.29, 0.717) is 25.2 Å². The number of allylic oxidation sites excluding steroid dienone is 1. The third-order valence-electron chi connectivity index (χ3n) is 7.74. The molecule has 2 unspecified atom stereocenters. The van der Waals surface area contributed by atoms with Crippen LogP contribution < -0.4 is 9.47 Å². The Labute approximate surface area is 214 Å². The monoisotopic (exact) mass is 487 g/mol. The number of benzene rings is 2. The maximum Gasteiger partial charge on any atom is 0.247 e. The highest BCUT2D eigenvalue weighted by Crippen LogP contribution is 2.39. The van der Waals surface area contributed by atoms with Crippen molar-refractivity contribution in [3.05, 3.63) is 54.3 Å². The molecule has 1 saturated carbocycles. The molecule has 1 saturated heterocycles. The van der Waals surface area contributed by atoms with Gasteiger partial charge in [0.05, 0.1) is 19.5 Å². The van der Waals surface area contributed by atoms with Crippen molar-refractivity contribution in [3.63, 3.8) is 0 Å². The predicted octanol–water partition coefficient (Wildman–Crippen LogP) is 7.48. The van der Waals surface area contributed by atoms with E-state index in [0.717, 1.165) is 64.1 Å². The lowest BCUT2D eigenvalue weighted by Gasteiger charge is -2.43. The molecule has 2 heterocycles. The molecule has 5 rings (SSSR count). The molecule has 0 radical (unpaired) electrons. The van der Waals surface area contributed by atoms with Gasteiger partial charge in [-0.05, 0) is 81.7 Å². The third-order valence-corrected chi connectivity index (χ3v) is 7.74. The first-order valence-electron chi connectivity index (χ1n) is 13.5. The van der Waals surface area contributed by atoms with E-state index in [1.807, 2.05) is 45.0 Å². The fourth-order valence-electron chi connectivity index (χ4n) is 6.00. The largest absolute Gasteiger partial charge is 0.494 e. The number of likely N-dealkylation sites (tertiary alicyclic amines) is 1. The Hall–Kier alpha value is -3.21. The minimum absolute atomic E-state index is 0.130. The van der Waals surface area contributed by atoms with Gasteiger partial charge in [-0.2, -0.15) is 0 Å². The van der Waals surface area contributed by atoms with E-state index in [9.17, 15) is 4.79 Å². The summed E-state index contributed by atoms with van der Waals surface area (Å²) in [6.07, 6.45) is 10.9. The van der Waals surface area contributed by atoms with Gasteiger partial charge in [-0.15, -0.1) is 0 Å². The number of carbonyl (C=O) groups excluding carboxylic acids is 1. The van der Waals surface area contributed by atoms with Gasteiger partial charge in [0.1, 0.15) is 17.1 Å². The average Bonchev–Trinajstić information content (AvgIpc) is 3.31. The molecule has 2 aromatic carbocycles. The molecule has 5 heteroatoms. The molecule has 190 valence electrons. The van der Waals surface area contributed by atoms with E-state index in [1.54, 1.807) is 6.26 Å². The quantitative estimate of drug-likeness (QED) is 0.324. The molecule has 0 bridgehead atoms. The third kappa shape index (κ3) is 4.88. The zero-order valence-corrected chi connectivity index (χ0v) is 21.7. The highest BCUT2D eigenvalue weighted by molar-refractivity contribution is 6.00. The van der Waals surface area contributed by atoms with E-state index >= 15 is 0 Å². The fourth-order valence-corrected chi connectivity index (χ4v) is 6.00. The second-order valence-electron chi connectivity index (χ2n) is 10.00. The van der Waals surface area contributed by atoms with Crippen LogP contribution in [0, 0.1) is 5.92 Å². The maximum absolute atomic E-state index is 13.5. The SMILES string of the molecule is CCOc1ccc(-c2coc3cc(OCC)c(/C(C)=C/C(=O)N4CCCC5CCCCC54)cc23)cc1. The Morgan fingerprint density at radius 1 is 1.03 bits per heavy atom. The van der Waals surface area contributed by atoms with Gasteiger partial charge in [0.25, 0.3) is 0 Å². The molecule has 1 amide bonds. The summed E-state index contributed by atoms with van der Waals surface area (Å²) in [4.78, 5) is 15.6. The van der Waals surface area contributed by atoms with Crippen molar-refractivity contribution in [2.75, 3.05) is 19.8 Å². The fraction of sp³-hybridized carbons (Fsp3) is 0.452. The van der Waals surface area contributed by atoms with E-state index in [-0.39, 0.29) is 5.91 Å². The van der Waals surface area contributed by atoms with E-state index in [2.05, 4.69) is 23.1 Å². The van der Waals surface area contributed by atoms with Gasteiger partial charge < -0.3 is 18.8 Å². The smallest absolute Gasteiger partial charge is 0.247 e. The summed E-state index contributed by atoms with van der Waals surface area (Å²) in [5.74, 6) is 2.39. The number of ether oxygens (including phenoxy) is 2. The van der Waals surface area contributed by atoms with Gasteiger partial charge in [-0.25, -0.2) is 0 Å². The van der Waals surface area contributed by atoms with Gasteiger partial charge in [-0.1, -0.05) is 25.0 Å². The summed E-state index contributed by atoms with van der Waals surface area (Å²) in [6.45, 7) is 8.02. The Morgan fingerprint density at radius 2 is 1.78 bits per heavy atom. The Kier molecular flexibility index (Phi) is 7.35. The molecule has 0 N–H and O–H groups in total. The molecule has 36 heavy (non-hydrogen) atoms. The minimum atomic E-state index is 0.130. The number of nitrogens with zero attached hydrogens (tertiary/aromatic N) is 1. The van der Waals surface area contributed by atoms with Gasteiger partial charge in [0, 0.05) is 41.2 Å². The van der Waals surface area contributed by atoms with Crippen molar-refractivity contribution >= 4 is 22.4 Å². The van der Waals surface area contributed by atoms with Gasteiger partial charge >= 0.3 is 0 Å². The van der Waals surface area contributed by atoms with Crippen molar-refractivity contribution in [3.8, 4) is 22.6 Å². The number of amides is 1. The van der Waals surface area contributed by atoms with Crippen LogP contribution in [0.3, 0.4) is 0 Å². The van der Waals surface area contributed by atoms with Crippen LogP contribution in [-0.4, -0.2) is 36.6 Å². The number of furan rings is 1. The molecule has 0 spiro atoms. The highest BCUT2D eigenvalue weighted by Gasteiger charge is 2.35. The minimum Gasteiger partial charge on any atom is -0.494 e. The first-order valence-corrected chi connectivity index (χ1v) is 13.5. The van der Waals surface area contributed by atoms with Gasteiger partial charge in [-0.3, -0.25) is 4.79 Å². The number of hydrogen-bond donors (Lipinski definition) is 0. The second kappa shape index (κ2) is 10.8. The molecule has 1 aliphatic heterocycles. The van der Waals surface area contributed by atoms with Crippen LogP contribution in [0.5, 0.6) is 11.5 Å². The van der Waals surface area contributed by atoms with Crippen LogP contribution in [0.25, 0.3) is 27.7 Å². The molecular weight excluding hydrogens is 450 g/mol. The average molecular weight is 488 g/mol. The van der Waals surface area contributed by atoms with Gasteiger partial charge in [0.2, 0.25) is 5.91 Å². The van der Waals surface area contributed by atoms with Crippen molar-refractivity contribution in [2.24, 2.45) is 5.92 Å². The van der Waals surface area contributed by atoms with Crippen LogP contribution in [0.1, 0.15) is 64.9 Å². The number of carbonyl (C=O) groups is 1. The summed E-state index contributed by atoms with van der Waals surface area (Å²) < 4.78 is 17.5. The maximum atomic E-state index is 13.5. The van der Waals surface area contributed by atoms with E-state index in [1.165, 1.54) is 25.7 Å².